The van der Waals surface area contributed by atoms with Crippen molar-refractivity contribution in [2.45, 2.75) is 24.1 Å². The van der Waals surface area contributed by atoms with Crippen LogP contribution >= 0.6 is 15.6 Å². The number of phosphoric ester groups is 2. The summed E-state index contributed by atoms with van der Waals surface area (Å²) in [6.45, 7) is -2.05. The zero-order valence-corrected chi connectivity index (χ0v) is 15.7. The maximum absolute atomic E-state index is 10.5. The van der Waals surface area contributed by atoms with Gasteiger partial charge in [-0.3, -0.25) is 9.05 Å². The molecule has 0 bridgehead atoms. The normalized spacial score (nSPS) is 33.8. The van der Waals surface area contributed by atoms with E-state index in [0.29, 0.717) is 0 Å². The van der Waals surface area contributed by atoms with Crippen LogP contribution in [0.3, 0.4) is 0 Å². The van der Waals surface area contributed by atoms with Crippen LogP contribution in [-0.4, -0.2) is 72.2 Å². The summed E-state index contributed by atoms with van der Waals surface area (Å²) in [4.78, 5) is 33.9. The van der Waals surface area contributed by atoms with E-state index in [2.05, 4.69) is 13.8 Å². The molecular formula is C6H14LaO12P2. The number of ether oxygens (including phenoxy) is 1. The second-order valence-electron chi connectivity index (χ2n) is 3.99. The Morgan fingerprint density at radius 2 is 1.52 bits per heavy atom. The molecule has 1 heterocycles. The van der Waals surface area contributed by atoms with Gasteiger partial charge >= 0.3 is 15.6 Å². The second kappa shape index (κ2) is 7.89. The minimum atomic E-state index is -4.96. The summed E-state index contributed by atoms with van der Waals surface area (Å²) < 4.78 is 33.6. The molecule has 0 aromatic carbocycles. The molecule has 0 saturated carbocycles. The zero-order chi connectivity index (χ0) is 15.8. The monoisotopic (exact) mass is 479 g/mol. The first-order valence-corrected chi connectivity index (χ1v) is 8.07. The average Bonchev–Trinajstić information content (AvgIpc) is 2.48. The van der Waals surface area contributed by atoms with E-state index in [1.165, 1.54) is 0 Å². The van der Waals surface area contributed by atoms with Crippen LogP contribution < -0.4 is 0 Å². The van der Waals surface area contributed by atoms with Crippen LogP contribution in [-0.2, 0) is 22.9 Å². The van der Waals surface area contributed by atoms with E-state index in [1.54, 1.807) is 0 Å². The van der Waals surface area contributed by atoms with Crippen molar-refractivity contribution >= 4 is 15.6 Å². The molecule has 0 amide bonds. The fraction of sp³-hybridized carbons (Fsp3) is 1.00. The van der Waals surface area contributed by atoms with Crippen molar-refractivity contribution in [3.05, 3.63) is 0 Å². The van der Waals surface area contributed by atoms with Gasteiger partial charge < -0.3 is 39.6 Å². The molecule has 1 rings (SSSR count). The van der Waals surface area contributed by atoms with Crippen molar-refractivity contribution in [1.29, 1.82) is 0 Å². The van der Waals surface area contributed by atoms with E-state index in [4.69, 9.17) is 19.6 Å². The van der Waals surface area contributed by atoms with Gasteiger partial charge in [-0.05, 0) is 0 Å². The first-order chi connectivity index (χ1) is 8.84. The van der Waals surface area contributed by atoms with Gasteiger partial charge in [0.1, 0.15) is 24.9 Å². The zero-order valence-electron chi connectivity index (χ0n) is 10.3. The summed E-state index contributed by atoms with van der Waals surface area (Å²) in [7, 11) is -9.82. The van der Waals surface area contributed by atoms with E-state index in [-0.39, 0.29) is 35.6 Å². The Morgan fingerprint density at radius 3 is 1.95 bits per heavy atom. The van der Waals surface area contributed by atoms with Crippen molar-refractivity contribution < 1.29 is 93.4 Å². The third kappa shape index (κ3) is 7.13. The molecule has 0 unspecified atom stereocenters. The fourth-order valence-electron chi connectivity index (χ4n) is 1.47. The summed E-state index contributed by atoms with van der Waals surface area (Å²) >= 11 is 0. The van der Waals surface area contributed by atoms with Crippen LogP contribution in [0.1, 0.15) is 0 Å². The molecule has 0 aromatic rings. The Labute approximate surface area is 146 Å². The quantitative estimate of drug-likeness (QED) is 0.191. The Hall–Kier alpha value is 1.25. The summed E-state index contributed by atoms with van der Waals surface area (Å²) in [5.41, 5.74) is 0. The van der Waals surface area contributed by atoms with E-state index in [0.717, 1.165) is 0 Å². The Kier molecular flexibility index (Phi) is 8.36. The molecule has 0 aliphatic carbocycles. The van der Waals surface area contributed by atoms with Crippen LogP contribution in [0.25, 0.3) is 0 Å². The Morgan fingerprint density at radius 1 is 1.05 bits per heavy atom. The average molecular weight is 479 g/mol. The van der Waals surface area contributed by atoms with Gasteiger partial charge in [0.15, 0.2) is 0 Å². The van der Waals surface area contributed by atoms with Gasteiger partial charge in [0.05, 0.1) is 6.61 Å². The third-order valence-electron chi connectivity index (χ3n) is 2.37. The van der Waals surface area contributed by atoms with Crippen LogP contribution in [0.4, 0.5) is 0 Å². The van der Waals surface area contributed by atoms with E-state index >= 15 is 0 Å². The summed E-state index contributed by atoms with van der Waals surface area (Å²) in [6.07, 6.45) is -5.38. The molecule has 1 radical (unpaired) electrons. The number of hydrogen-bond donors (Lipinski definition) is 7. The van der Waals surface area contributed by atoms with Gasteiger partial charge in [-0.2, -0.15) is 0 Å². The molecule has 7 N–H and O–H groups in total. The molecule has 21 heavy (non-hydrogen) atoms. The molecule has 0 spiro atoms. The van der Waals surface area contributed by atoms with Crippen LogP contribution in [0.2, 0.25) is 0 Å². The number of rotatable bonds is 6. The molecule has 1 saturated heterocycles. The van der Waals surface area contributed by atoms with Crippen LogP contribution in [0.5, 0.6) is 0 Å². The van der Waals surface area contributed by atoms with Gasteiger partial charge in [-0.25, -0.2) is 9.13 Å². The minimum absolute atomic E-state index is 0. The predicted octanol–water partition coefficient (Wildman–Crippen LogP) is -2.99. The molecule has 15 heteroatoms. The second-order valence-corrected chi connectivity index (χ2v) is 6.47. The fourth-order valence-corrected chi connectivity index (χ4v) is 2.17. The summed E-state index contributed by atoms with van der Waals surface area (Å²) in [6, 6.07) is 0. The number of hydrogen-bond acceptors (Lipinski definition) is 8. The van der Waals surface area contributed by atoms with Gasteiger partial charge in [0.25, 0.3) is 0 Å². The maximum atomic E-state index is 10.5. The van der Waals surface area contributed by atoms with Crippen LogP contribution in [0.15, 0.2) is 0 Å². The van der Waals surface area contributed by atoms with Crippen molar-refractivity contribution in [2.24, 2.45) is 0 Å². The first-order valence-electron chi connectivity index (χ1n) is 5.00. The third-order valence-corrected chi connectivity index (χ3v) is 3.32. The Balaban J connectivity index is 0.00000400. The first kappa shape index (κ1) is 22.3. The number of phosphoric acid groups is 2. The smallest absolute Gasteiger partial charge is 0.387 e. The molecule has 12 nitrogen and oxygen atoms in total. The van der Waals surface area contributed by atoms with Gasteiger partial charge in [0, 0.05) is 35.6 Å². The molecule has 1 aliphatic rings. The maximum Gasteiger partial charge on any atom is 0.469 e. The number of aliphatic hydroxyl groups is 3. The summed E-state index contributed by atoms with van der Waals surface area (Å²) in [5.74, 6) is -2.66. The standard InChI is InChI=1S/C6H14O12P2.La/c7-4-3(1-16-19(10,11)12)18-6(9,5(4)8)2-17-20(13,14)15;/h3-5,7-9H,1-2H2,(H2,10,11,12)(H2,13,14,15);/t3-,4-,5+,6-;/m1./s1. The largest absolute Gasteiger partial charge is 0.469 e. The number of aliphatic hydroxyl groups excluding tert-OH is 2. The molecule has 1 fully saturated rings. The molecule has 1 aliphatic heterocycles. The van der Waals surface area contributed by atoms with E-state index < -0.39 is 53.0 Å². The van der Waals surface area contributed by atoms with E-state index in [9.17, 15) is 24.4 Å². The van der Waals surface area contributed by atoms with Gasteiger partial charge in [0.2, 0.25) is 5.79 Å². The topological polar surface area (TPSA) is 203 Å². The van der Waals surface area contributed by atoms with Crippen molar-refractivity contribution in [3.63, 3.8) is 0 Å². The Bertz CT molecular complexity index is 433. The minimum Gasteiger partial charge on any atom is -0.387 e. The van der Waals surface area contributed by atoms with Gasteiger partial charge in [-0.1, -0.05) is 0 Å². The SMILES string of the molecule is O=P(O)(O)OC[C@H]1O[C@](O)(COP(=O)(O)O)[C@@H](O)[C@@H]1O.[La]. The molecule has 123 valence electrons. The molecular weight excluding hydrogens is 465 g/mol. The van der Waals surface area contributed by atoms with Crippen molar-refractivity contribution in [2.75, 3.05) is 13.2 Å². The van der Waals surface area contributed by atoms with Crippen LogP contribution in [0, 0.1) is 35.6 Å². The van der Waals surface area contributed by atoms with Crippen molar-refractivity contribution in [1.82, 2.24) is 0 Å². The van der Waals surface area contributed by atoms with Crippen molar-refractivity contribution in [3.8, 4) is 0 Å². The molecule has 4 atom stereocenters. The van der Waals surface area contributed by atoms with Gasteiger partial charge in [-0.15, -0.1) is 0 Å². The predicted molar refractivity (Wildman–Crippen MR) is 57.8 cm³/mol. The van der Waals surface area contributed by atoms with E-state index in [1.807, 2.05) is 0 Å². The summed E-state index contributed by atoms with van der Waals surface area (Å²) in [5, 5.41) is 28.8. The molecule has 0 aromatic heterocycles.